The number of hydrogen-bond donors (Lipinski definition) is 0. The smallest absolute Gasteiger partial charge is 0.227 e. The third-order valence-electron chi connectivity index (χ3n) is 5.07. The summed E-state index contributed by atoms with van der Waals surface area (Å²) in [6, 6.07) is 0. The molecule has 1 saturated carbocycles. The van der Waals surface area contributed by atoms with Crippen LogP contribution in [0.3, 0.4) is 0 Å². The number of rotatable bonds is 4. The minimum Gasteiger partial charge on any atom is -0.376 e. The molecule has 2 saturated heterocycles. The van der Waals surface area contributed by atoms with Crippen molar-refractivity contribution in [2.24, 2.45) is 0 Å². The summed E-state index contributed by atoms with van der Waals surface area (Å²) in [6.45, 7) is 7.84. The summed E-state index contributed by atoms with van der Waals surface area (Å²) in [5, 5.41) is 9.11. The van der Waals surface area contributed by atoms with Crippen molar-refractivity contribution in [1.29, 1.82) is 0 Å². The van der Waals surface area contributed by atoms with E-state index in [1.54, 1.807) is 0 Å². The van der Waals surface area contributed by atoms with Gasteiger partial charge in [0.1, 0.15) is 5.82 Å². The molecule has 23 heavy (non-hydrogen) atoms. The molecule has 0 amide bonds. The lowest BCUT2D eigenvalue weighted by Gasteiger charge is -2.36. The molecule has 6 nitrogen and oxygen atoms in total. The highest BCUT2D eigenvalue weighted by Gasteiger charge is 2.34. The lowest BCUT2D eigenvalue weighted by molar-refractivity contribution is -0.00710. The Bertz CT molecular complexity index is 527. The summed E-state index contributed by atoms with van der Waals surface area (Å²) < 4.78 is 14.2. The average molecular weight is 320 g/mol. The molecule has 0 spiro atoms. The quantitative estimate of drug-likeness (QED) is 0.852. The molecule has 3 fully saturated rings. The molecule has 3 heterocycles. The molecule has 0 aromatic carbocycles. The normalized spacial score (nSPS) is 32.3. The van der Waals surface area contributed by atoms with E-state index in [0.717, 1.165) is 38.6 Å². The Balaban J connectivity index is 1.58. The first-order chi connectivity index (χ1) is 11.2. The molecule has 0 radical (unpaired) electrons. The third kappa shape index (κ3) is 3.38. The van der Waals surface area contributed by atoms with Crippen LogP contribution in [-0.2, 0) is 16.0 Å². The zero-order valence-electron chi connectivity index (χ0n) is 14.3. The Hall–Kier alpha value is -1.14. The van der Waals surface area contributed by atoms with E-state index in [0.29, 0.717) is 12.0 Å². The van der Waals surface area contributed by atoms with E-state index >= 15 is 0 Å². The lowest BCUT2D eigenvalue weighted by atomic mass is 10.1. The Kier molecular flexibility index (Phi) is 4.28. The molecule has 1 aromatic rings. The van der Waals surface area contributed by atoms with Crippen molar-refractivity contribution in [1.82, 2.24) is 14.8 Å². The number of anilines is 1. The molecular formula is C17H28N4O2. The Labute approximate surface area is 138 Å². The molecule has 3 unspecified atom stereocenters. The van der Waals surface area contributed by atoms with Gasteiger partial charge in [0, 0.05) is 25.6 Å². The third-order valence-corrected chi connectivity index (χ3v) is 5.07. The Morgan fingerprint density at radius 3 is 2.48 bits per heavy atom. The highest BCUT2D eigenvalue weighted by Crippen LogP contribution is 2.40. The minimum atomic E-state index is 0.235. The lowest BCUT2D eigenvalue weighted by Crippen LogP contribution is -2.46. The Morgan fingerprint density at radius 1 is 1.04 bits per heavy atom. The van der Waals surface area contributed by atoms with Crippen molar-refractivity contribution >= 4 is 5.95 Å². The van der Waals surface area contributed by atoms with Crippen molar-refractivity contribution in [3.63, 3.8) is 0 Å². The molecule has 1 aliphatic carbocycles. The fraction of sp³-hybridized carbons (Fsp3) is 0.882. The molecular weight excluding hydrogens is 292 g/mol. The summed E-state index contributed by atoms with van der Waals surface area (Å²) in [4.78, 5) is 2.35. The van der Waals surface area contributed by atoms with Gasteiger partial charge in [-0.05, 0) is 46.0 Å². The second-order valence-corrected chi connectivity index (χ2v) is 7.39. The second-order valence-electron chi connectivity index (χ2n) is 7.39. The number of ether oxygens (including phenoxy) is 2. The van der Waals surface area contributed by atoms with E-state index in [1.807, 2.05) is 0 Å². The monoisotopic (exact) mass is 320 g/mol. The fourth-order valence-electron chi connectivity index (χ4n) is 3.86. The van der Waals surface area contributed by atoms with Gasteiger partial charge < -0.3 is 14.4 Å². The first kappa shape index (κ1) is 15.4. The highest BCUT2D eigenvalue weighted by molar-refractivity contribution is 5.34. The van der Waals surface area contributed by atoms with Gasteiger partial charge in [-0.1, -0.05) is 0 Å². The predicted molar refractivity (Wildman–Crippen MR) is 87.8 cm³/mol. The van der Waals surface area contributed by atoms with E-state index < -0.39 is 0 Å². The van der Waals surface area contributed by atoms with Crippen molar-refractivity contribution in [3.05, 3.63) is 5.82 Å². The van der Waals surface area contributed by atoms with E-state index in [2.05, 4.69) is 33.5 Å². The van der Waals surface area contributed by atoms with Crippen LogP contribution in [0.5, 0.6) is 0 Å². The topological polar surface area (TPSA) is 52.4 Å². The molecule has 4 rings (SSSR count). The summed E-state index contributed by atoms with van der Waals surface area (Å²) >= 11 is 0. The number of nitrogens with zero attached hydrogens (tertiary/aromatic N) is 4. The molecule has 0 bridgehead atoms. The van der Waals surface area contributed by atoms with Gasteiger partial charge in [0.2, 0.25) is 5.95 Å². The van der Waals surface area contributed by atoms with Crippen molar-refractivity contribution in [3.8, 4) is 0 Å². The van der Waals surface area contributed by atoms with Crippen LogP contribution in [0.1, 0.15) is 57.7 Å². The summed E-state index contributed by atoms with van der Waals surface area (Å²) in [7, 11) is 0. The second kappa shape index (κ2) is 6.40. The number of aromatic nitrogens is 3. The molecule has 128 valence electrons. The van der Waals surface area contributed by atoms with Crippen LogP contribution in [0.25, 0.3) is 0 Å². The van der Waals surface area contributed by atoms with Crippen LogP contribution >= 0.6 is 0 Å². The van der Waals surface area contributed by atoms with Crippen LogP contribution in [-0.4, -0.2) is 52.8 Å². The van der Waals surface area contributed by atoms with Crippen LogP contribution < -0.4 is 4.90 Å². The SMILES string of the molecule is CC1CN(c2nnc(C3CC3)n2CC2CCCCO2)CC(C)O1. The van der Waals surface area contributed by atoms with E-state index in [-0.39, 0.29) is 12.2 Å². The predicted octanol–water partition coefficient (Wildman–Crippen LogP) is 2.34. The molecule has 0 N–H and O–H groups in total. The molecule has 2 aliphatic heterocycles. The average Bonchev–Trinajstić information content (AvgIpc) is 3.29. The molecule has 1 aromatic heterocycles. The number of morpholine rings is 1. The largest absolute Gasteiger partial charge is 0.376 e. The van der Waals surface area contributed by atoms with Crippen LogP contribution in [0.4, 0.5) is 5.95 Å². The minimum absolute atomic E-state index is 0.235. The molecule has 3 atom stereocenters. The van der Waals surface area contributed by atoms with Crippen molar-refractivity contribution in [2.45, 2.75) is 76.7 Å². The van der Waals surface area contributed by atoms with E-state index in [9.17, 15) is 0 Å². The maximum atomic E-state index is 5.97. The van der Waals surface area contributed by atoms with Crippen molar-refractivity contribution < 1.29 is 9.47 Å². The summed E-state index contributed by atoms with van der Waals surface area (Å²) in [5.74, 6) is 2.79. The zero-order valence-corrected chi connectivity index (χ0v) is 14.3. The van der Waals surface area contributed by atoms with E-state index in [1.165, 1.54) is 31.5 Å². The first-order valence-electron chi connectivity index (χ1n) is 9.16. The van der Waals surface area contributed by atoms with Crippen LogP contribution in [0.15, 0.2) is 0 Å². The first-order valence-corrected chi connectivity index (χ1v) is 9.16. The van der Waals surface area contributed by atoms with Crippen LogP contribution in [0, 0.1) is 0 Å². The van der Waals surface area contributed by atoms with Gasteiger partial charge in [-0.3, -0.25) is 4.57 Å². The maximum absolute atomic E-state index is 5.97. The van der Waals surface area contributed by atoms with Gasteiger partial charge in [0.05, 0.1) is 24.9 Å². The summed E-state index contributed by atoms with van der Waals surface area (Å²) in [6.07, 6.45) is 6.90. The zero-order chi connectivity index (χ0) is 15.8. The summed E-state index contributed by atoms with van der Waals surface area (Å²) in [5.41, 5.74) is 0. The van der Waals surface area contributed by atoms with Gasteiger partial charge in [0.15, 0.2) is 0 Å². The van der Waals surface area contributed by atoms with Crippen LogP contribution in [0.2, 0.25) is 0 Å². The standard InChI is InChI=1S/C17H28N4O2/c1-12-9-20(10-13(2)23-12)17-19-18-16(14-6-7-14)21(17)11-15-5-3-4-8-22-15/h12-15H,3-11H2,1-2H3. The Morgan fingerprint density at radius 2 is 1.83 bits per heavy atom. The molecule has 3 aliphatic rings. The number of hydrogen-bond acceptors (Lipinski definition) is 5. The van der Waals surface area contributed by atoms with E-state index in [4.69, 9.17) is 9.47 Å². The van der Waals surface area contributed by atoms with Gasteiger partial charge in [-0.15, -0.1) is 10.2 Å². The van der Waals surface area contributed by atoms with Gasteiger partial charge in [-0.2, -0.15) is 0 Å². The van der Waals surface area contributed by atoms with Gasteiger partial charge in [0.25, 0.3) is 0 Å². The van der Waals surface area contributed by atoms with Gasteiger partial charge in [-0.25, -0.2) is 0 Å². The van der Waals surface area contributed by atoms with Gasteiger partial charge >= 0.3 is 0 Å². The van der Waals surface area contributed by atoms with Crippen molar-refractivity contribution in [2.75, 3.05) is 24.6 Å². The highest BCUT2D eigenvalue weighted by atomic mass is 16.5. The molecule has 6 heteroatoms. The fourth-order valence-corrected chi connectivity index (χ4v) is 3.86. The maximum Gasteiger partial charge on any atom is 0.227 e.